The van der Waals surface area contributed by atoms with Crippen LogP contribution < -0.4 is 4.90 Å². The van der Waals surface area contributed by atoms with Crippen molar-refractivity contribution in [3.05, 3.63) is 65.7 Å². The number of benzene rings is 2. The van der Waals surface area contributed by atoms with Gasteiger partial charge in [-0.05, 0) is 49.6 Å². The van der Waals surface area contributed by atoms with E-state index in [0.717, 1.165) is 25.1 Å². The van der Waals surface area contributed by atoms with E-state index in [-0.39, 0.29) is 5.91 Å². The molecule has 26 heavy (non-hydrogen) atoms. The molecule has 0 N–H and O–H groups in total. The molecule has 1 heterocycles. The molecule has 3 rings (SSSR count). The Bertz CT molecular complexity index is 781. The van der Waals surface area contributed by atoms with Crippen molar-refractivity contribution in [1.82, 2.24) is 4.90 Å². The molecule has 4 heteroatoms. The van der Waals surface area contributed by atoms with Crippen LogP contribution in [0.2, 0.25) is 0 Å². The summed E-state index contributed by atoms with van der Waals surface area (Å²) in [4.78, 5) is 17.1. The number of hydrogen-bond acceptors (Lipinski definition) is 3. The number of nitrogens with zero attached hydrogens (tertiary/aromatic N) is 3. The zero-order valence-electron chi connectivity index (χ0n) is 15.3. The summed E-state index contributed by atoms with van der Waals surface area (Å²) >= 11 is 0. The zero-order chi connectivity index (χ0) is 18.4. The summed E-state index contributed by atoms with van der Waals surface area (Å²) in [5.41, 5.74) is 3.46. The highest BCUT2D eigenvalue weighted by Crippen LogP contribution is 2.33. The zero-order valence-corrected chi connectivity index (χ0v) is 15.3. The fourth-order valence-corrected chi connectivity index (χ4v) is 3.75. The molecule has 134 valence electrons. The summed E-state index contributed by atoms with van der Waals surface area (Å²) in [5.74, 6) is 0.0620. The highest BCUT2D eigenvalue weighted by atomic mass is 16.2. The molecule has 0 aliphatic carbocycles. The molecule has 1 aliphatic heterocycles. The number of nitriles is 1. The number of hydrogen-bond donors (Lipinski definition) is 0. The van der Waals surface area contributed by atoms with Crippen molar-refractivity contribution in [2.75, 3.05) is 24.5 Å². The first kappa shape index (κ1) is 18.2. The second-order valence-electron chi connectivity index (χ2n) is 6.77. The summed E-state index contributed by atoms with van der Waals surface area (Å²) in [6, 6.07) is 20.5. The SMILES string of the molecule is Cc1ccccc1[C@@H]1CCCN1CC(=O)N(CCC#N)c1ccccc1. The van der Waals surface area contributed by atoms with E-state index in [1.165, 1.54) is 11.1 Å². The van der Waals surface area contributed by atoms with E-state index >= 15 is 0 Å². The van der Waals surface area contributed by atoms with E-state index in [1.54, 1.807) is 4.90 Å². The van der Waals surface area contributed by atoms with Crippen LogP contribution in [0.3, 0.4) is 0 Å². The monoisotopic (exact) mass is 347 g/mol. The lowest BCUT2D eigenvalue weighted by Gasteiger charge is -2.29. The Morgan fingerprint density at radius 3 is 2.65 bits per heavy atom. The van der Waals surface area contributed by atoms with Crippen molar-refractivity contribution in [3.63, 3.8) is 0 Å². The molecule has 1 fully saturated rings. The summed E-state index contributed by atoms with van der Waals surface area (Å²) in [5, 5.41) is 8.95. The largest absolute Gasteiger partial charge is 0.310 e. The number of para-hydroxylation sites is 1. The van der Waals surface area contributed by atoms with Gasteiger partial charge in [-0.15, -0.1) is 0 Å². The average Bonchev–Trinajstić information content (AvgIpc) is 3.11. The van der Waals surface area contributed by atoms with Gasteiger partial charge >= 0.3 is 0 Å². The molecule has 2 aromatic rings. The van der Waals surface area contributed by atoms with E-state index in [1.807, 2.05) is 30.3 Å². The standard InChI is InChI=1S/C22H25N3O/c1-18-9-5-6-12-20(18)21-13-7-15-24(21)17-22(26)25(16-8-14-23)19-10-3-2-4-11-19/h2-6,9-12,21H,7-8,13,15-17H2,1H3/t21-/m0/s1. The molecule has 0 saturated carbocycles. The Balaban J connectivity index is 1.76. The number of anilines is 1. The Kier molecular flexibility index (Phi) is 6.04. The van der Waals surface area contributed by atoms with Gasteiger partial charge in [-0.3, -0.25) is 9.69 Å². The van der Waals surface area contributed by atoms with Gasteiger partial charge in [0.25, 0.3) is 0 Å². The van der Waals surface area contributed by atoms with Gasteiger partial charge in [0.15, 0.2) is 0 Å². The first-order valence-electron chi connectivity index (χ1n) is 9.22. The highest BCUT2D eigenvalue weighted by molar-refractivity contribution is 5.94. The maximum atomic E-state index is 13.0. The Morgan fingerprint density at radius 2 is 1.92 bits per heavy atom. The lowest BCUT2D eigenvalue weighted by atomic mass is 9.99. The molecule has 4 nitrogen and oxygen atoms in total. The maximum Gasteiger partial charge on any atom is 0.241 e. The molecule has 1 saturated heterocycles. The number of amides is 1. The topological polar surface area (TPSA) is 47.3 Å². The fraction of sp³-hybridized carbons (Fsp3) is 0.364. The maximum absolute atomic E-state index is 13.0. The van der Waals surface area contributed by atoms with Crippen LogP contribution >= 0.6 is 0 Å². The molecule has 0 spiro atoms. The van der Waals surface area contributed by atoms with Crippen LogP contribution in [0.25, 0.3) is 0 Å². The van der Waals surface area contributed by atoms with Crippen LogP contribution in [0.4, 0.5) is 5.69 Å². The van der Waals surface area contributed by atoms with E-state index in [4.69, 9.17) is 5.26 Å². The van der Waals surface area contributed by atoms with Gasteiger partial charge in [-0.2, -0.15) is 5.26 Å². The minimum atomic E-state index is 0.0620. The third kappa shape index (κ3) is 4.12. The van der Waals surface area contributed by atoms with E-state index in [0.29, 0.717) is 25.6 Å². The molecule has 1 aliphatic rings. The Hall–Kier alpha value is -2.64. The van der Waals surface area contributed by atoms with Gasteiger partial charge in [0.2, 0.25) is 5.91 Å². The van der Waals surface area contributed by atoms with Crippen LogP contribution in [0.5, 0.6) is 0 Å². The van der Waals surface area contributed by atoms with Gasteiger partial charge in [-0.25, -0.2) is 0 Å². The minimum Gasteiger partial charge on any atom is -0.310 e. The van der Waals surface area contributed by atoms with Gasteiger partial charge in [0.05, 0.1) is 19.0 Å². The van der Waals surface area contributed by atoms with E-state index in [9.17, 15) is 4.79 Å². The average molecular weight is 347 g/mol. The predicted octanol–water partition coefficient (Wildman–Crippen LogP) is 4.08. The van der Waals surface area contributed by atoms with Crippen molar-refractivity contribution in [3.8, 4) is 6.07 Å². The third-order valence-electron chi connectivity index (χ3n) is 5.07. The number of aryl methyl sites for hydroxylation is 1. The van der Waals surface area contributed by atoms with Crippen molar-refractivity contribution in [1.29, 1.82) is 5.26 Å². The second kappa shape index (κ2) is 8.64. The summed E-state index contributed by atoms with van der Waals surface area (Å²) in [6.07, 6.45) is 2.53. The lowest BCUT2D eigenvalue weighted by molar-refractivity contribution is -0.120. The number of likely N-dealkylation sites (tertiary alicyclic amines) is 1. The van der Waals surface area contributed by atoms with E-state index in [2.05, 4.69) is 42.2 Å². The van der Waals surface area contributed by atoms with Crippen molar-refractivity contribution < 1.29 is 4.79 Å². The lowest BCUT2D eigenvalue weighted by Crippen LogP contribution is -2.41. The summed E-state index contributed by atoms with van der Waals surface area (Å²) in [7, 11) is 0. The number of rotatable bonds is 6. The normalized spacial score (nSPS) is 17.0. The molecule has 0 bridgehead atoms. The van der Waals surface area contributed by atoms with Gasteiger partial charge in [0, 0.05) is 18.3 Å². The summed E-state index contributed by atoms with van der Waals surface area (Å²) < 4.78 is 0. The number of carbonyl (C=O) groups is 1. The van der Waals surface area contributed by atoms with Crippen molar-refractivity contribution in [2.24, 2.45) is 0 Å². The van der Waals surface area contributed by atoms with E-state index < -0.39 is 0 Å². The molecule has 2 aromatic carbocycles. The predicted molar refractivity (Wildman–Crippen MR) is 104 cm³/mol. The van der Waals surface area contributed by atoms with Crippen molar-refractivity contribution in [2.45, 2.75) is 32.2 Å². The first-order valence-corrected chi connectivity index (χ1v) is 9.22. The smallest absolute Gasteiger partial charge is 0.241 e. The first-order chi connectivity index (χ1) is 12.7. The van der Waals surface area contributed by atoms with Crippen LogP contribution in [-0.4, -0.2) is 30.4 Å². The van der Waals surface area contributed by atoms with Gasteiger partial charge < -0.3 is 4.90 Å². The molecule has 0 radical (unpaired) electrons. The molecular formula is C22H25N3O. The van der Waals surface area contributed by atoms with Crippen LogP contribution in [-0.2, 0) is 4.79 Å². The molecule has 1 atom stereocenters. The molecular weight excluding hydrogens is 322 g/mol. The third-order valence-corrected chi connectivity index (χ3v) is 5.07. The molecule has 0 aromatic heterocycles. The highest BCUT2D eigenvalue weighted by Gasteiger charge is 2.30. The minimum absolute atomic E-state index is 0.0620. The Morgan fingerprint density at radius 1 is 1.19 bits per heavy atom. The van der Waals surface area contributed by atoms with Crippen LogP contribution in [0.1, 0.15) is 36.4 Å². The molecule has 1 amide bonds. The summed E-state index contributed by atoms with van der Waals surface area (Å²) in [6.45, 7) is 3.89. The Labute approximate surface area is 155 Å². The van der Waals surface area contributed by atoms with Gasteiger partial charge in [-0.1, -0.05) is 42.5 Å². The second-order valence-corrected chi connectivity index (χ2v) is 6.77. The van der Waals surface area contributed by atoms with Gasteiger partial charge in [0.1, 0.15) is 0 Å². The van der Waals surface area contributed by atoms with Crippen LogP contribution in [0, 0.1) is 18.3 Å². The quantitative estimate of drug-likeness (QED) is 0.791. The van der Waals surface area contributed by atoms with Crippen molar-refractivity contribution >= 4 is 11.6 Å². The number of carbonyl (C=O) groups excluding carboxylic acids is 1. The molecule has 0 unspecified atom stereocenters. The van der Waals surface area contributed by atoms with Crippen LogP contribution in [0.15, 0.2) is 54.6 Å². The fourth-order valence-electron chi connectivity index (χ4n) is 3.75.